The summed E-state index contributed by atoms with van der Waals surface area (Å²) in [7, 11) is 0. The zero-order valence-corrected chi connectivity index (χ0v) is 17.3. The van der Waals surface area contributed by atoms with Crippen LogP contribution in [-0.4, -0.2) is 10.5 Å². The second kappa shape index (κ2) is 8.66. The fourth-order valence-electron chi connectivity index (χ4n) is 3.41. The predicted molar refractivity (Wildman–Crippen MR) is 123 cm³/mol. The van der Waals surface area contributed by atoms with Gasteiger partial charge in [-0.2, -0.15) is 0 Å². The van der Waals surface area contributed by atoms with E-state index in [1.54, 1.807) is 12.1 Å². The molecule has 4 aromatic rings. The Hall–Kier alpha value is -3.20. The standard InChI is InChI=1S/C26H16Cl2O2/c27-25(29)23-14-22(15-24(16-23)26(28)30)21-12-19(17-7-3-1-4-8-17)11-20(13-21)18-9-5-2-6-10-18/h1-16H. The minimum atomic E-state index is -0.640. The van der Waals surface area contributed by atoms with Crippen LogP contribution >= 0.6 is 23.2 Å². The Labute approximate surface area is 184 Å². The number of carbonyl (C=O) groups is 2. The third-order valence-electron chi connectivity index (χ3n) is 4.87. The van der Waals surface area contributed by atoms with Crippen LogP contribution < -0.4 is 0 Å². The number of rotatable bonds is 5. The number of hydrogen-bond donors (Lipinski definition) is 0. The third kappa shape index (κ3) is 4.35. The number of hydrogen-bond acceptors (Lipinski definition) is 2. The van der Waals surface area contributed by atoms with E-state index in [2.05, 4.69) is 6.07 Å². The third-order valence-corrected chi connectivity index (χ3v) is 5.30. The van der Waals surface area contributed by atoms with E-state index >= 15 is 0 Å². The fraction of sp³-hybridized carbons (Fsp3) is 0. The van der Waals surface area contributed by atoms with E-state index in [1.165, 1.54) is 6.07 Å². The van der Waals surface area contributed by atoms with Gasteiger partial charge in [0, 0.05) is 11.1 Å². The van der Waals surface area contributed by atoms with Crippen molar-refractivity contribution in [3.8, 4) is 33.4 Å². The van der Waals surface area contributed by atoms with Gasteiger partial charge in [0.05, 0.1) is 0 Å². The molecular formula is C26H16Cl2O2. The van der Waals surface area contributed by atoms with Crippen molar-refractivity contribution in [2.24, 2.45) is 0 Å². The smallest absolute Gasteiger partial charge is 0.252 e. The lowest BCUT2D eigenvalue weighted by atomic mass is 9.92. The quantitative estimate of drug-likeness (QED) is 0.308. The molecule has 0 heterocycles. The molecule has 0 saturated heterocycles. The maximum Gasteiger partial charge on any atom is 0.252 e. The maximum absolute atomic E-state index is 11.8. The molecule has 0 aromatic heterocycles. The van der Waals surface area contributed by atoms with Gasteiger partial charge in [-0.05, 0) is 93.0 Å². The highest BCUT2D eigenvalue weighted by Gasteiger charge is 2.13. The first-order valence-electron chi connectivity index (χ1n) is 9.32. The van der Waals surface area contributed by atoms with E-state index < -0.39 is 10.5 Å². The number of benzene rings is 4. The molecule has 0 aliphatic carbocycles. The second-order valence-electron chi connectivity index (χ2n) is 6.88. The monoisotopic (exact) mass is 430 g/mol. The van der Waals surface area contributed by atoms with Crippen LogP contribution in [0.1, 0.15) is 20.7 Å². The lowest BCUT2D eigenvalue weighted by Gasteiger charge is -2.12. The van der Waals surface area contributed by atoms with Crippen LogP contribution in [0.15, 0.2) is 97.1 Å². The average Bonchev–Trinajstić information content (AvgIpc) is 2.79. The van der Waals surface area contributed by atoms with Crippen LogP contribution in [-0.2, 0) is 0 Å². The van der Waals surface area contributed by atoms with Gasteiger partial charge in [0.25, 0.3) is 10.5 Å². The zero-order valence-electron chi connectivity index (χ0n) is 15.8. The summed E-state index contributed by atoms with van der Waals surface area (Å²) in [6.07, 6.45) is 0. The molecule has 4 rings (SSSR count). The van der Waals surface area contributed by atoms with E-state index in [0.717, 1.165) is 27.8 Å². The largest absolute Gasteiger partial charge is 0.276 e. The van der Waals surface area contributed by atoms with Crippen LogP contribution in [0.2, 0.25) is 0 Å². The van der Waals surface area contributed by atoms with Crippen molar-refractivity contribution < 1.29 is 9.59 Å². The predicted octanol–water partition coefficient (Wildman–Crippen LogP) is 7.45. The van der Waals surface area contributed by atoms with Gasteiger partial charge in [-0.1, -0.05) is 60.7 Å². The van der Waals surface area contributed by atoms with Crippen LogP contribution in [0.25, 0.3) is 33.4 Å². The van der Waals surface area contributed by atoms with Crippen molar-refractivity contribution in [3.05, 3.63) is 108 Å². The van der Waals surface area contributed by atoms with Crippen molar-refractivity contribution in [1.29, 1.82) is 0 Å². The highest BCUT2D eigenvalue weighted by Crippen LogP contribution is 2.34. The van der Waals surface area contributed by atoms with Gasteiger partial charge in [-0.15, -0.1) is 0 Å². The molecule has 0 N–H and O–H groups in total. The summed E-state index contributed by atoms with van der Waals surface area (Å²) in [5.74, 6) is 0. The summed E-state index contributed by atoms with van der Waals surface area (Å²) in [4.78, 5) is 23.6. The number of carbonyl (C=O) groups excluding carboxylic acids is 2. The molecule has 0 aliphatic heterocycles. The lowest BCUT2D eigenvalue weighted by molar-refractivity contribution is 0.108. The van der Waals surface area contributed by atoms with Crippen molar-refractivity contribution in [1.82, 2.24) is 0 Å². The maximum atomic E-state index is 11.8. The Bertz CT molecular complexity index is 1140. The first kappa shape index (κ1) is 20.1. The summed E-state index contributed by atoms with van der Waals surface area (Å²) in [5.41, 5.74) is 6.18. The molecule has 0 saturated carbocycles. The Morgan fingerprint density at radius 1 is 0.433 bits per heavy atom. The minimum Gasteiger partial charge on any atom is -0.276 e. The van der Waals surface area contributed by atoms with Crippen molar-refractivity contribution in [3.63, 3.8) is 0 Å². The second-order valence-corrected chi connectivity index (χ2v) is 7.56. The molecule has 0 radical (unpaired) electrons. The number of halogens is 2. The molecule has 0 spiro atoms. The molecule has 146 valence electrons. The molecule has 0 amide bonds. The SMILES string of the molecule is O=C(Cl)c1cc(C(=O)Cl)cc(-c2cc(-c3ccccc3)cc(-c3ccccc3)c2)c1. The van der Waals surface area contributed by atoms with Gasteiger partial charge in [0.2, 0.25) is 0 Å². The summed E-state index contributed by atoms with van der Waals surface area (Å²) in [6.45, 7) is 0. The Kier molecular flexibility index (Phi) is 5.80. The molecular weight excluding hydrogens is 415 g/mol. The van der Waals surface area contributed by atoms with Gasteiger partial charge in [0.1, 0.15) is 0 Å². The zero-order chi connectivity index (χ0) is 21.1. The Morgan fingerprint density at radius 2 is 0.767 bits per heavy atom. The first-order valence-corrected chi connectivity index (χ1v) is 10.1. The molecule has 0 bridgehead atoms. The van der Waals surface area contributed by atoms with Crippen LogP contribution in [0.3, 0.4) is 0 Å². The van der Waals surface area contributed by atoms with Gasteiger partial charge in [0.15, 0.2) is 0 Å². The molecule has 30 heavy (non-hydrogen) atoms. The fourth-order valence-corrected chi connectivity index (χ4v) is 3.63. The minimum absolute atomic E-state index is 0.226. The Morgan fingerprint density at radius 3 is 1.13 bits per heavy atom. The van der Waals surface area contributed by atoms with E-state index in [0.29, 0.717) is 5.56 Å². The van der Waals surface area contributed by atoms with Gasteiger partial charge < -0.3 is 0 Å². The van der Waals surface area contributed by atoms with Crippen LogP contribution in [0, 0.1) is 0 Å². The van der Waals surface area contributed by atoms with Crippen LogP contribution in [0.5, 0.6) is 0 Å². The lowest BCUT2D eigenvalue weighted by Crippen LogP contribution is -1.97. The summed E-state index contributed by atoms with van der Waals surface area (Å²) in [5, 5.41) is -1.28. The highest BCUT2D eigenvalue weighted by molar-refractivity contribution is 6.69. The van der Waals surface area contributed by atoms with Gasteiger partial charge in [-0.25, -0.2) is 0 Å². The molecule has 0 unspecified atom stereocenters. The van der Waals surface area contributed by atoms with Crippen LogP contribution in [0.4, 0.5) is 0 Å². The van der Waals surface area contributed by atoms with E-state index in [9.17, 15) is 9.59 Å². The topological polar surface area (TPSA) is 34.1 Å². The molecule has 4 heteroatoms. The van der Waals surface area contributed by atoms with Gasteiger partial charge >= 0.3 is 0 Å². The van der Waals surface area contributed by atoms with E-state index in [4.69, 9.17) is 23.2 Å². The molecule has 0 aliphatic rings. The van der Waals surface area contributed by atoms with Crippen molar-refractivity contribution in [2.75, 3.05) is 0 Å². The van der Waals surface area contributed by atoms with Crippen molar-refractivity contribution >= 4 is 33.7 Å². The van der Waals surface area contributed by atoms with Crippen molar-refractivity contribution in [2.45, 2.75) is 0 Å². The highest BCUT2D eigenvalue weighted by atomic mass is 35.5. The summed E-state index contributed by atoms with van der Waals surface area (Å²) < 4.78 is 0. The average molecular weight is 431 g/mol. The summed E-state index contributed by atoms with van der Waals surface area (Å²) in [6, 6.07) is 31.0. The van der Waals surface area contributed by atoms with E-state index in [1.807, 2.05) is 72.8 Å². The molecule has 2 nitrogen and oxygen atoms in total. The van der Waals surface area contributed by atoms with E-state index in [-0.39, 0.29) is 11.1 Å². The molecule has 0 fully saturated rings. The summed E-state index contributed by atoms with van der Waals surface area (Å²) >= 11 is 11.4. The van der Waals surface area contributed by atoms with Gasteiger partial charge in [-0.3, -0.25) is 9.59 Å². The first-order chi connectivity index (χ1) is 14.5. The Balaban J connectivity index is 1.96. The molecule has 0 atom stereocenters. The normalized spacial score (nSPS) is 10.6. The molecule has 4 aromatic carbocycles.